The van der Waals surface area contributed by atoms with Crippen molar-refractivity contribution >= 4 is 39.2 Å². The minimum Gasteiger partial charge on any atom is -0.327 e. The molecule has 0 bridgehead atoms. The van der Waals surface area contributed by atoms with Crippen LogP contribution in [0.5, 0.6) is 0 Å². The van der Waals surface area contributed by atoms with Gasteiger partial charge in [-0.1, -0.05) is 28.1 Å². The Labute approximate surface area is 145 Å². The molecule has 1 aromatic carbocycles. The summed E-state index contributed by atoms with van der Waals surface area (Å²) >= 11 is 3.62. The third-order valence-electron chi connectivity index (χ3n) is 5.18. The number of benzene rings is 1. The number of hydrogen-bond donors (Lipinski definition) is 1. The summed E-state index contributed by atoms with van der Waals surface area (Å²) in [6.45, 7) is 3.33. The Bertz CT molecular complexity index is 678. The second-order valence-corrected chi connectivity index (χ2v) is 7.32. The molecule has 1 aliphatic carbocycles. The van der Waals surface area contributed by atoms with Gasteiger partial charge in [0.05, 0.1) is 5.52 Å². The van der Waals surface area contributed by atoms with E-state index in [4.69, 9.17) is 5.73 Å². The first-order valence-corrected chi connectivity index (χ1v) is 8.52. The highest BCUT2D eigenvalue weighted by molar-refractivity contribution is 9.10. The molecular formula is C17H21BrClN3. The standard InChI is InChI=1S/C17H20BrN3.ClH/c18-15-5-3-12(17-13(15)2-1-7-20-17)9-21-8-11-4-6-16(19)14(11)10-21;/h1-3,5,7,11,14,16H,4,6,8-10,19H2;1H. The molecule has 118 valence electrons. The summed E-state index contributed by atoms with van der Waals surface area (Å²) in [5.41, 5.74) is 8.68. The Hall–Kier alpha value is -0.680. The van der Waals surface area contributed by atoms with Crippen LogP contribution in [0.1, 0.15) is 18.4 Å². The lowest BCUT2D eigenvalue weighted by Gasteiger charge is -2.19. The lowest BCUT2D eigenvalue weighted by molar-refractivity contribution is 0.299. The molecule has 1 saturated carbocycles. The molecular weight excluding hydrogens is 362 g/mol. The van der Waals surface area contributed by atoms with Gasteiger partial charge in [-0.15, -0.1) is 12.4 Å². The van der Waals surface area contributed by atoms with Crippen molar-refractivity contribution in [3.05, 3.63) is 40.5 Å². The monoisotopic (exact) mass is 381 g/mol. The van der Waals surface area contributed by atoms with Crippen molar-refractivity contribution in [3.63, 3.8) is 0 Å². The van der Waals surface area contributed by atoms with E-state index in [1.54, 1.807) is 0 Å². The van der Waals surface area contributed by atoms with E-state index in [1.165, 1.54) is 30.3 Å². The van der Waals surface area contributed by atoms with Gasteiger partial charge in [0.25, 0.3) is 0 Å². The molecule has 22 heavy (non-hydrogen) atoms. The van der Waals surface area contributed by atoms with Crippen molar-refractivity contribution < 1.29 is 0 Å². The van der Waals surface area contributed by atoms with E-state index >= 15 is 0 Å². The Morgan fingerprint density at radius 2 is 2.09 bits per heavy atom. The van der Waals surface area contributed by atoms with Crippen LogP contribution in [0, 0.1) is 11.8 Å². The maximum absolute atomic E-state index is 6.24. The predicted octanol–water partition coefficient (Wildman–Crippen LogP) is 3.59. The molecule has 0 amide bonds. The summed E-state index contributed by atoms with van der Waals surface area (Å²) in [4.78, 5) is 7.15. The number of fused-ring (bicyclic) bond motifs is 2. The van der Waals surface area contributed by atoms with E-state index in [9.17, 15) is 0 Å². The SMILES string of the molecule is Cl.NC1CCC2CN(Cc3ccc(Br)c4cccnc34)CC12. The number of aromatic nitrogens is 1. The largest absolute Gasteiger partial charge is 0.327 e. The average Bonchev–Trinajstić information content (AvgIpc) is 3.05. The number of rotatable bonds is 2. The van der Waals surface area contributed by atoms with Crippen molar-refractivity contribution in [2.75, 3.05) is 13.1 Å². The van der Waals surface area contributed by atoms with Crippen molar-refractivity contribution in [3.8, 4) is 0 Å². The van der Waals surface area contributed by atoms with Crippen molar-refractivity contribution in [2.45, 2.75) is 25.4 Å². The summed E-state index contributed by atoms with van der Waals surface area (Å²) in [7, 11) is 0. The van der Waals surface area contributed by atoms with Crippen LogP contribution < -0.4 is 5.73 Å². The molecule has 5 heteroatoms. The summed E-state index contributed by atoms with van der Waals surface area (Å²) in [6, 6.07) is 8.88. The summed E-state index contributed by atoms with van der Waals surface area (Å²) < 4.78 is 1.12. The molecule has 4 rings (SSSR count). The van der Waals surface area contributed by atoms with Gasteiger partial charge in [-0.2, -0.15) is 0 Å². The van der Waals surface area contributed by atoms with Crippen LogP contribution in [0.3, 0.4) is 0 Å². The van der Waals surface area contributed by atoms with Crippen LogP contribution >= 0.6 is 28.3 Å². The van der Waals surface area contributed by atoms with E-state index in [-0.39, 0.29) is 12.4 Å². The molecule has 3 nitrogen and oxygen atoms in total. The highest BCUT2D eigenvalue weighted by Gasteiger charge is 2.40. The maximum Gasteiger partial charge on any atom is 0.0758 e. The smallest absolute Gasteiger partial charge is 0.0758 e. The van der Waals surface area contributed by atoms with E-state index in [1.807, 2.05) is 12.3 Å². The maximum atomic E-state index is 6.24. The van der Waals surface area contributed by atoms with Crippen LogP contribution in [-0.4, -0.2) is 29.0 Å². The fraction of sp³-hybridized carbons (Fsp3) is 0.471. The molecule has 0 radical (unpaired) electrons. The Kier molecular flexibility index (Phi) is 4.74. The topological polar surface area (TPSA) is 42.1 Å². The molecule has 0 spiro atoms. The molecule has 3 atom stereocenters. The summed E-state index contributed by atoms with van der Waals surface area (Å²) in [6.07, 6.45) is 4.40. The summed E-state index contributed by atoms with van der Waals surface area (Å²) in [5.74, 6) is 1.52. The minimum atomic E-state index is 0. The van der Waals surface area contributed by atoms with E-state index < -0.39 is 0 Å². The van der Waals surface area contributed by atoms with Crippen molar-refractivity contribution in [2.24, 2.45) is 17.6 Å². The third-order valence-corrected chi connectivity index (χ3v) is 5.87. The molecule has 2 fully saturated rings. The molecule has 2 heterocycles. The first-order valence-electron chi connectivity index (χ1n) is 7.72. The molecule has 1 aliphatic heterocycles. The zero-order valence-corrected chi connectivity index (χ0v) is 14.8. The van der Waals surface area contributed by atoms with Gasteiger partial charge in [-0.05, 0) is 42.4 Å². The van der Waals surface area contributed by atoms with Gasteiger partial charge in [-0.25, -0.2) is 0 Å². The number of hydrogen-bond acceptors (Lipinski definition) is 3. The lowest BCUT2D eigenvalue weighted by atomic mass is 9.98. The molecule has 1 aromatic heterocycles. The Morgan fingerprint density at radius 1 is 1.23 bits per heavy atom. The van der Waals surface area contributed by atoms with Gasteiger partial charge in [0.15, 0.2) is 0 Å². The van der Waals surface area contributed by atoms with Crippen LogP contribution in [0.2, 0.25) is 0 Å². The molecule has 2 aliphatic rings. The number of halogens is 2. The fourth-order valence-corrected chi connectivity index (χ4v) is 4.55. The molecule has 1 saturated heterocycles. The minimum absolute atomic E-state index is 0. The van der Waals surface area contributed by atoms with Crippen LogP contribution in [0.25, 0.3) is 10.9 Å². The molecule has 2 N–H and O–H groups in total. The highest BCUT2D eigenvalue weighted by atomic mass is 79.9. The normalized spacial score (nSPS) is 27.8. The Balaban J connectivity index is 0.00000144. The Morgan fingerprint density at radius 3 is 2.91 bits per heavy atom. The van der Waals surface area contributed by atoms with Crippen molar-refractivity contribution in [1.29, 1.82) is 0 Å². The van der Waals surface area contributed by atoms with Gasteiger partial charge >= 0.3 is 0 Å². The number of nitrogens with two attached hydrogens (primary N) is 1. The second-order valence-electron chi connectivity index (χ2n) is 6.47. The second kappa shape index (κ2) is 6.44. The average molecular weight is 383 g/mol. The first-order chi connectivity index (χ1) is 10.2. The third kappa shape index (κ3) is 2.78. The fourth-order valence-electron chi connectivity index (χ4n) is 4.09. The number of likely N-dealkylation sites (tertiary alicyclic amines) is 1. The van der Waals surface area contributed by atoms with Gasteiger partial charge in [-0.3, -0.25) is 9.88 Å². The highest BCUT2D eigenvalue weighted by Crippen LogP contribution is 2.38. The van der Waals surface area contributed by atoms with Gasteiger partial charge in [0, 0.05) is 41.7 Å². The number of pyridine rings is 1. The zero-order chi connectivity index (χ0) is 14.4. The predicted molar refractivity (Wildman–Crippen MR) is 96.2 cm³/mol. The van der Waals surface area contributed by atoms with Crippen LogP contribution in [-0.2, 0) is 6.54 Å². The van der Waals surface area contributed by atoms with Crippen LogP contribution in [0.4, 0.5) is 0 Å². The van der Waals surface area contributed by atoms with Crippen molar-refractivity contribution in [1.82, 2.24) is 9.88 Å². The van der Waals surface area contributed by atoms with Gasteiger partial charge in [0.1, 0.15) is 0 Å². The van der Waals surface area contributed by atoms with E-state index in [2.05, 4.69) is 44.0 Å². The molecule has 3 unspecified atom stereocenters. The lowest BCUT2D eigenvalue weighted by Crippen LogP contribution is -2.30. The zero-order valence-electron chi connectivity index (χ0n) is 12.4. The van der Waals surface area contributed by atoms with E-state index in [0.717, 1.165) is 29.0 Å². The molecule has 2 aromatic rings. The first kappa shape index (κ1) is 16.2. The summed E-state index contributed by atoms with van der Waals surface area (Å²) in [5, 5.41) is 1.20. The van der Waals surface area contributed by atoms with Gasteiger partial charge < -0.3 is 5.73 Å². The van der Waals surface area contributed by atoms with E-state index in [0.29, 0.717) is 12.0 Å². The number of nitrogens with zero attached hydrogens (tertiary/aromatic N) is 2. The van der Waals surface area contributed by atoms with Gasteiger partial charge in [0.2, 0.25) is 0 Å². The quantitative estimate of drug-likeness (QED) is 0.863. The van der Waals surface area contributed by atoms with Crippen LogP contribution in [0.15, 0.2) is 34.9 Å².